The minimum atomic E-state index is -0.944. The van der Waals surface area contributed by atoms with Crippen LogP contribution in [0.4, 0.5) is 5.95 Å². The molecule has 2 unspecified atom stereocenters. The van der Waals surface area contributed by atoms with Gasteiger partial charge in [-0.2, -0.15) is 4.98 Å². The van der Waals surface area contributed by atoms with Crippen molar-refractivity contribution in [2.45, 2.75) is 33.2 Å². The van der Waals surface area contributed by atoms with Gasteiger partial charge in [-0.25, -0.2) is 4.52 Å². The number of rotatable bonds is 5. The zero-order valence-electron chi connectivity index (χ0n) is 15.7. The van der Waals surface area contributed by atoms with Crippen LogP contribution in [0.15, 0.2) is 29.6 Å². The molecular formula is C19H19N5O3S. The fourth-order valence-corrected chi connectivity index (χ4v) is 4.14. The van der Waals surface area contributed by atoms with Gasteiger partial charge in [0.15, 0.2) is 0 Å². The van der Waals surface area contributed by atoms with E-state index in [0.29, 0.717) is 22.5 Å². The molecule has 0 aliphatic carbocycles. The number of nitrogens with zero attached hydrogens (tertiary/aromatic N) is 4. The number of fused-ring (bicyclic) bond motifs is 2. The second-order valence-electron chi connectivity index (χ2n) is 6.85. The Balaban J connectivity index is 1.65. The maximum Gasteiger partial charge on any atom is 0.262 e. The van der Waals surface area contributed by atoms with E-state index in [9.17, 15) is 14.4 Å². The molecule has 8 nitrogen and oxygen atoms in total. The Hall–Kier alpha value is -3.07. The number of amides is 3. The van der Waals surface area contributed by atoms with Crippen LogP contribution in [0, 0.1) is 12.8 Å². The second-order valence-corrected chi connectivity index (χ2v) is 7.69. The summed E-state index contributed by atoms with van der Waals surface area (Å²) in [6.07, 6.45) is 0.621. The summed E-state index contributed by atoms with van der Waals surface area (Å²) in [6, 6.07) is 5.68. The van der Waals surface area contributed by atoms with Crippen LogP contribution in [0.3, 0.4) is 0 Å². The van der Waals surface area contributed by atoms with E-state index in [4.69, 9.17) is 0 Å². The van der Waals surface area contributed by atoms with Gasteiger partial charge >= 0.3 is 0 Å². The lowest BCUT2D eigenvalue weighted by Gasteiger charge is -2.29. The molecule has 0 fully saturated rings. The molecule has 0 saturated heterocycles. The first-order chi connectivity index (χ1) is 13.4. The summed E-state index contributed by atoms with van der Waals surface area (Å²) in [5, 5.41) is 8.88. The second kappa shape index (κ2) is 6.83. The molecule has 1 aliphatic heterocycles. The van der Waals surface area contributed by atoms with Crippen LogP contribution in [-0.2, 0) is 4.79 Å². The van der Waals surface area contributed by atoms with Crippen molar-refractivity contribution in [2.24, 2.45) is 5.92 Å². The number of aromatic nitrogens is 3. The fourth-order valence-electron chi connectivity index (χ4n) is 3.34. The van der Waals surface area contributed by atoms with Crippen molar-refractivity contribution in [3.63, 3.8) is 0 Å². The smallest absolute Gasteiger partial charge is 0.262 e. The van der Waals surface area contributed by atoms with Gasteiger partial charge in [-0.1, -0.05) is 32.4 Å². The number of nitrogens with one attached hydrogen (secondary N) is 1. The van der Waals surface area contributed by atoms with Crippen LogP contribution < -0.4 is 5.32 Å². The first kappa shape index (κ1) is 18.3. The highest BCUT2D eigenvalue weighted by atomic mass is 32.1. The minimum absolute atomic E-state index is 0.157. The number of carbonyl (C=O) groups excluding carboxylic acids is 3. The third kappa shape index (κ3) is 2.78. The lowest BCUT2D eigenvalue weighted by molar-refractivity contribution is -0.121. The van der Waals surface area contributed by atoms with Crippen LogP contribution in [0.5, 0.6) is 0 Å². The average molecular weight is 397 g/mol. The van der Waals surface area contributed by atoms with Gasteiger partial charge in [-0.05, 0) is 25.0 Å². The molecule has 3 aromatic rings. The van der Waals surface area contributed by atoms with Gasteiger partial charge in [0.1, 0.15) is 6.04 Å². The third-order valence-electron chi connectivity index (χ3n) is 5.04. The molecule has 1 aliphatic rings. The van der Waals surface area contributed by atoms with E-state index in [-0.39, 0.29) is 11.9 Å². The zero-order chi connectivity index (χ0) is 20.0. The van der Waals surface area contributed by atoms with Gasteiger partial charge in [0.25, 0.3) is 17.8 Å². The molecule has 0 saturated carbocycles. The van der Waals surface area contributed by atoms with Crippen molar-refractivity contribution in [3.05, 3.63) is 46.5 Å². The molecule has 3 heterocycles. The largest absolute Gasteiger partial charge is 0.291 e. The van der Waals surface area contributed by atoms with Gasteiger partial charge in [0.05, 0.1) is 16.8 Å². The standard InChI is InChI=1S/C19H19N5O3S/c1-4-10(2)14(23-16(26)12-7-5-6-8-13(12)17(23)27)15(25)20-18-21-19-24(22-18)11(3)9-28-19/h5-10,14H,4H2,1-3H3,(H,20,22,25). The van der Waals surface area contributed by atoms with Gasteiger partial charge < -0.3 is 0 Å². The quantitative estimate of drug-likeness (QED) is 0.668. The van der Waals surface area contributed by atoms with Crippen molar-refractivity contribution >= 4 is 40.0 Å². The molecule has 2 atom stereocenters. The number of benzene rings is 1. The Labute approximate surface area is 165 Å². The number of aryl methyl sites for hydroxylation is 1. The van der Waals surface area contributed by atoms with E-state index < -0.39 is 23.8 Å². The van der Waals surface area contributed by atoms with Gasteiger partial charge in [0, 0.05) is 5.38 Å². The van der Waals surface area contributed by atoms with E-state index in [0.717, 1.165) is 10.6 Å². The third-order valence-corrected chi connectivity index (χ3v) is 5.97. The lowest BCUT2D eigenvalue weighted by Crippen LogP contribution is -2.50. The Morgan fingerprint density at radius 3 is 2.43 bits per heavy atom. The van der Waals surface area contributed by atoms with E-state index >= 15 is 0 Å². The predicted molar refractivity (Wildman–Crippen MR) is 104 cm³/mol. The van der Waals surface area contributed by atoms with E-state index in [1.807, 2.05) is 26.2 Å². The van der Waals surface area contributed by atoms with Crippen molar-refractivity contribution in [2.75, 3.05) is 5.32 Å². The fraction of sp³-hybridized carbons (Fsp3) is 0.316. The molecule has 1 N–H and O–H groups in total. The summed E-state index contributed by atoms with van der Waals surface area (Å²) in [4.78, 5) is 44.8. The van der Waals surface area contributed by atoms with E-state index in [2.05, 4.69) is 15.4 Å². The number of thiazole rings is 1. The van der Waals surface area contributed by atoms with Gasteiger partial charge in [-0.15, -0.1) is 16.4 Å². The molecule has 3 amide bonds. The van der Waals surface area contributed by atoms with Gasteiger partial charge in [-0.3, -0.25) is 24.6 Å². The Morgan fingerprint density at radius 1 is 1.21 bits per heavy atom. The minimum Gasteiger partial charge on any atom is -0.291 e. The summed E-state index contributed by atoms with van der Waals surface area (Å²) in [5.74, 6) is -1.44. The summed E-state index contributed by atoms with van der Waals surface area (Å²) in [5.41, 5.74) is 1.56. The van der Waals surface area contributed by atoms with Crippen LogP contribution in [-0.4, -0.2) is 43.3 Å². The first-order valence-electron chi connectivity index (χ1n) is 9.01. The lowest BCUT2D eigenvalue weighted by atomic mass is 9.96. The SMILES string of the molecule is CCC(C)C(C(=O)Nc1nc2scc(C)n2n1)N1C(=O)c2ccccc2C1=O. The molecule has 1 aromatic carbocycles. The number of anilines is 1. The van der Waals surface area contributed by atoms with Crippen LogP contribution in [0.25, 0.3) is 4.96 Å². The Bertz CT molecular complexity index is 1070. The van der Waals surface area contributed by atoms with Crippen LogP contribution >= 0.6 is 11.3 Å². The summed E-state index contributed by atoms with van der Waals surface area (Å²) >= 11 is 1.42. The zero-order valence-corrected chi connectivity index (χ0v) is 16.5. The van der Waals surface area contributed by atoms with Crippen LogP contribution in [0.2, 0.25) is 0 Å². The molecule has 0 spiro atoms. The Kier molecular flexibility index (Phi) is 4.46. The van der Waals surface area contributed by atoms with Crippen molar-refractivity contribution in [3.8, 4) is 0 Å². The number of imide groups is 1. The molecule has 0 bridgehead atoms. The summed E-state index contributed by atoms with van der Waals surface area (Å²) in [7, 11) is 0. The first-order valence-corrected chi connectivity index (χ1v) is 9.89. The Morgan fingerprint density at radius 2 is 1.86 bits per heavy atom. The molecule has 0 radical (unpaired) electrons. The van der Waals surface area contributed by atoms with Crippen molar-refractivity contribution in [1.82, 2.24) is 19.5 Å². The van der Waals surface area contributed by atoms with Crippen LogP contribution in [0.1, 0.15) is 46.7 Å². The van der Waals surface area contributed by atoms with Gasteiger partial charge in [0.2, 0.25) is 10.9 Å². The highest BCUT2D eigenvalue weighted by molar-refractivity contribution is 7.15. The number of carbonyl (C=O) groups is 3. The molecule has 9 heteroatoms. The van der Waals surface area contributed by atoms with E-state index in [1.54, 1.807) is 28.8 Å². The highest BCUT2D eigenvalue weighted by Crippen LogP contribution is 2.28. The highest BCUT2D eigenvalue weighted by Gasteiger charge is 2.44. The summed E-state index contributed by atoms with van der Waals surface area (Å²) < 4.78 is 1.64. The van der Waals surface area contributed by atoms with Crippen molar-refractivity contribution < 1.29 is 14.4 Å². The number of hydrogen-bond donors (Lipinski definition) is 1. The van der Waals surface area contributed by atoms with E-state index in [1.165, 1.54) is 11.3 Å². The monoisotopic (exact) mass is 397 g/mol. The number of hydrogen-bond acceptors (Lipinski definition) is 6. The predicted octanol–water partition coefficient (Wildman–Crippen LogP) is 2.75. The molecule has 28 heavy (non-hydrogen) atoms. The topological polar surface area (TPSA) is 96.7 Å². The maximum absolute atomic E-state index is 13.1. The average Bonchev–Trinajstić information content (AvgIpc) is 3.32. The van der Waals surface area contributed by atoms with Crippen molar-refractivity contribution in [1.29, 1.82) is 0 Å². The normalized spacial score (nSPS) is 15.8. The summed E-state index contributed by atoms with van der Waals surface area (Å²) in [6.45, 7) is 5.65. The molecule has 144 valence electrons. The molecule has 2 aromatic heterocycles. The maximum atomic E-state index is 13.1. The molecule has 4 rings (SSSR count). The molecular weight excluding hydrogens is 378 g/mol.